The Kier molecular flexibility index (Phi) is 4.80. The first-order chi connectivity index (χ1) is 12.6. The van der Waals surface area contributed by atoms with Crippen LogP contribution in [0.15, 0.2) is 30.3 Å². The number of benzene rings is 2. The number of ether oxygens (including phenoxy) is 3. The van der Waals surface area contributed by atoms with E-state index in [2.05, 4.69) is 0 Å². The molecule has 1 fully saturated rings. The van der Waals surface area contributed by atoms with Crippen LogP contribution in [0.4, 0.5) is 4.39 Å². The highest BCUT2D eigenvalue weighted by molar-refractivity contribution is 6.31. The molecule has 1 aliphatic heterocycles. The van der Waals surface area contributed by atoms with Crippen LogP contribution in [0.25, 0.3) is 0 Å². The number of rotatable bonds is 3. The molecule has 3 nitrogen and oxygen atoms in total. The van der Waals surface area contributed by atoms with Crippen LogP contribution in [0.2, 0.25) is 5.02 Å². The zero-order valence-corrected chi connectivity index (χ0v) is 15.7. The maximum atomic E-state index is 14.7. The van der Waals surface area contributed by atoms with Crippen LogP contribution in [0.5, 0.6) is 11.5 Å². The Hall–Kier alpha value is -1.78. The number of halogens is 2. The quantitative estimate of drug-likeness (QED) is 0.693. The molecule has 2 aliphatic rings. The van der Waals surface area contributed by atoms with E-state index in [0.717, 1.165) is 30.4 Å². The second-order valence-electron chi connectivity index (χ2n) is 6.92. The van der Waals surface area contributed by atoms with E-state index in [-0.39, 0.29) is 11.9 Å². The minimum absolute atomic E-state index is 0.0648. The fourth-order valence-corrected chi connectivity index (χ4v) is 4.57. The minimum atomic E-state index is -0.544. The van der Waals surface area contributed by atoms with E-state index in [1.165, 1.54) is 12.5 Å². The molecule has 2 aromatic rings. The molecule has 0 aromatic heterocycles. The van der Waals surface area contributed by atoms with Crippen molar-refractivity contribution in [2.75, 3.05) is 14.2 Å². The van der Waals surface area contributed by atoms with Gasteiger partial charge in [0.05, 0.1) is 20.3 Å². The maximum Gasteiger partial charge on any atom is 0.161 e. The predicted molar refractivity (Wildman–Crippen MR) is 98.9 cm³/mol. The van der Waals surface area contributed by atoms with Crippen molar-refractivity contribution in [1.29, 1.82) is 0 Å². The SMILES string of the molecule is COc1cc2c(cc1OC)[C@H]1CCCC[C@@H]1O[C@@H]2c1c(F)cccc1Cl. The molecule has 0 unspecified atom stereocenters. The van der Waals surface area contributed by atoms with E-state index in [1.54, 1.807) is 26.4 Å². The second kappa shape index (κ2) is 7.09. The fraction of sp³-hybridized carbons (Fsp3) is 0.429. The smallest absolute Gasteiger partial charge is 0.161 e. The molecule has 0 radical (unpaired) electrons. The van der Waals surface area contributed by atoms with Crippen molar-refractivity contribution >= 4 is 11.6 Å². The van der Waals surface area contributed by atoms with Gasteiger partial charge in [0.25, 0.3) is 0 Å². The van der Waals surface area contributed by atoms with Crippen LogP contribution in [0.1, 0.15) is 54.4 Å². The third-order valence-electron chi connectivity index (χ3n) is 5.55. The van der Waals surface area contributed by atoms with Crippen molar-refractivity contribution in [1.82, 2.24) is 0 Å². The Morgan fingerprint density at radius 3 is 2.42 bits per heavy atom. The molecule has 0 bridgehead atoms. The lowest BCUT2D eigenvalue weighted by molar-refractivity contribution is -0.0403. The second-order valence-corrected chi connectivity index (χ2v) is 7.32. The first-order valence-electron chi connectivity index (χ1n) is 8.99. The summed E-state index contributed by atoms with van der Waals surface area (Å²) >= 11 is 6.36. The summed E-state index contributed by atoms with van der Waals surface area (Å²) in [6.45, 7) is 0. The summed E-state index contributed by atoms with van der Waals surface area (Å²) in [4.78, 5) is 0. The molecule has 0 spiro atoms. The lowest BCUT2D eigenvalue weighted by Gasteiger charge is -2.41. The first kappa shape index (κ1) is 17.6. The highest BCUT2D eigenvalue weighted by atomic mass is 35.5. The number of hydrogen-bond donors (Lipinski definition) is 0. The molecule has 26 heavy (non-hydrogen) atoms. The zero-order chi connectivity index (χ0) is 18.3. The monoisotopic (exact) mass is 376 g/mol. The Morgan fingerprint density at radius 2 is 1.73 bits per heavy atom. The topological polar surface area (TPSA) is 27.7 Å². The largest absolute Gasteiger partial charge is 0.493 e. The van der Waals surface area contributed by atoms with E-state index >= 15 is 0 Å². The zero-order valence-electron chi connectivity index (χ0n) is 14.9. The van der Waals surface area contributed by atoms with Gasteiger partial charge in [0, 0.05) is 16.5 Å². The lowest BCUT2D eigenvalue weighted by atomic mass is 9.75. The van der Waals surface area contributed by atoms with Gasteiger partial charge in [-0.3, -0.25) is 0 Å². The van der Waals surface area contributed by atoms with E-state index in [9.17, 15) is 4.39 Å². The van der Waals surface area contributed by atoms with Gasteiger partial charge in [0.1, 0.15) is 11.9 Å². The van der Waals surface area contributed by atoms with Crippen molar-refractivity contribution in [3.05, 3.63) is 57.9 Å². The van der Waals surface area contributed by atoms with Crippen molar-refractivity contribution in [3.63, 3.8) is 0 Å². The molecule has 2 aromatic carbocycles. The van der Waals surface area contributed by atoms with Gasteiger partial charge in [-0.25, -0.2) is 4.39 Å². The number of methoxy groups -OCH3 is 2. The van der Waals surface area contributed by atoms with Gasteiger partial charge in [-0.1, -0.05) is 30.5 Å². The van der Waals surface area contributed by atoms with Gasteiger partial charge in [0.15, 0.2) is 11.5 Å². The van der Waals surface area contributed by atoms with E-state index in [4.69, 9.17) is 25.8 Å². The van der Waals surface area contributed by atoms with Crippen LogP contribution < -0.4 is 9.47 Å². The molecule has 1 heterocycles. The highest BCUT2D eigenvalue weighted by Gasteiger charge is 2.40. The summed E-state index contributed by atoms with van der Waals surface area (Å²) in [6.07, 6.45) is 3.85. The summed E-state index contributed by atoms with van der Waals surface area (Å²) in [5.41, 5.74) is 2.47. The Labute approximate surface area is 158 Å². The molecule has 0 N–H and O–H groups in total. The van der Waals surface area contributed by atoms with Crippen molar-refractivity contribution < 1.29 is 18.6 Å². The van der Waals surface area contributed by atoms with Crippen molar-refractivity contribution in [2.45, 2.75) is 43.8 Å². The fourth-order valence-electron chi connectivity index (χ4n) is 4.31. The number of hydrogen-bond acceptors (Lipinski definition) is 3. The summed E-state index contributed by atoms with van der Waals surface area (Å²) in [7, 11) is 3.23. The van der Waals surface area contributed by atoms with Gasteiger partial charge in [-0.2, -0.15) is 0 Å². The highest BCUT2D eigenvalue weighted by Crippen LogP contribution is 2.50. The van der Waals surface area contributed by atoms with Crippen LogP contribution in [-0.2, 0) is 4.74 Å². The third-order valence-corrected chi connectivity index (χ3v) is 5.88. The molecule has 3 atom stereocenters. The maximum absolute atomic E-state index is 14.7. The van der Waals surface area contributed by atoms with Crippen molar-refractivity contribution in [3.8, 4) is 11.5 Å². The Balaban J connectivity index is 1.92. The van der Waals surface area contributed by atoms with E-state index < -0.39 is 6.10 Å². The molecule has 0 saturated heterocycles. The van der Waals surface area contributed by atoms with Gasteiger partial charge in [-0.15, -0.1) is 0 Å². The number of fused-ring (bicyclic) bond motifs is 3. The van der Waals surface area contributed by atoms with E-state index in [0.29, 0.717) is 28.0 Å². The average molecular weight is 377 g/mol. The molecule has 4 rings (SSSR count). The van der Waals surface area contributed by atoms with Crippen molar-refractivity contribution in [2.24, 2.45) is 0 Å². The van der Waals surface area contributed by atoms with E-state index in [1.807, 2.05) is 12.1 Å². The predicted octanol–water partition coefficient (Wildman–Crippen LogP) is 5.64. The minimum Gasteiger partial charge on any atom is -0.493 e. The molecule has 5 heteroatoms. The normalized spacial score (nSPS) is 24.5. The molecular formula is C21H22ClFO3. The van der Waals surface area contributed by atoms with Gasteiger partial charge >= 0.3 is 0 Å². The van der Waals surface area contributed by atoms with Crippen LogP contribution in [0, 0.1) is 5.82 Å². The van der Waals surface area contributed by atoms with Crippen LogP contribution >= 0.6 is 11.6 Å². The summed E-state index contributed by atoms with van der Waals surface area (Å²) in [5, 5.41) is 0.380. The standard InChI is InChI=1S/C21H22ClFO3/c1-24-18-10-13-12-6-3-4-9-17(12)26-21(14(13)11-19(18)25-2)20-15(22)7-5-8-16(20)23/h5,7-8,10-12,17,21H,3-4,6,9H2,1-2H3/t12-,17+,21+/m1/s1. The molecular weight excluding hydrogens is 355 g/mol. The van der Waals surface area contributed by atoms with Gasteiger partial charge in [0.2, 0.25) is 0 Å². The lowest BCUT2D eigenvalue weighted by Crippen LogP contribution is -2.34. The van der Waals surface area contributed by atoms with Crippen LogP contribution in [0.3, 0.4) is 0 Å². The molecule has 0 amide bonds. The molecule has 1 saturated carbocycles. The molecule has 138 valence electrons. The van der Waals surface area contributed by atoms with Gasteiger partial charge in [-0.05, 0) is 48.2 Å². The summed E-state index contributed by atoms with van der Waals surface area (Å²) in [5.74, 6) is 1.25. The Morgan fingerprint density at radius 1 is 1.04 bits per heavy atom. The van der Waals surface area contributed by atoms with Gasteiger partial charge < -0.3 is 14.2 Å². The Bertz CT molecular complexity index is 803. The molecule has 1 aliphatic carbocycles. The first-order valence-corrected chi connectivity index (χ1v) is 9.37. The summed E-state index contributed by atoms with van der Waals surface area (Å²) in [6, 6.07) is 8.69. The summed E-state index contributed by atoms with van der Waals surface area (Å²) < 4.78 is 32.1. The third kappa shape index (κ3) is 2.85. The van der Waals surface area contributed by atoms with Crippen LogP contribution in [-0.4, -0.2) is 20.3 Å². The average Bonchev–Trinajstić information content (AvgIpc) is 2.66.